The van der Waals surface area contributed by atoms with Crippen LogP contribution in [-0.4, -0.2) is 46.7 Å². The van der Waals surface area contributed by atoms with Gasteiger partial charge in [-0.1, -0.05) is 48.2 Å². The number of rotatable bonds is 6. The van der Waals surface area contributed by atoms with Crippen LogP contribution in [0.4, 0.5) is 5.69 Å². The summed E-state index contributed by atoms with van der Waals surface area (Å²) in [6.07, 6.45) is 2.67. The van der Waals surface area contributed by atoms with Crippen LogP contribution in [0.15, 0.2) is 58.5 Å². The topological polar surface area (TPSA) is 78.5 Å². The molecule has 0 radical (unpaired) electrons. The lowest BCUT2D eigenvalue weighted by molar-refractivity contribution is -0.116. The van der Waals surface area contributed by atoms with Crippen LogP contribution in [0.25, 0.3) is 0 Å². The number of aryl methyl sites for hydroxylation is 1. The highest BCUT2D eigenvalue weighted by atomic mass is 32.2. The molecule has 8 heteroatoms. The van der Waals surface area contributed by atoms with Gasteiger partial charge in [0.15, 0.2) is 5.16 Å². The summed E-state index contributed by atoms with van der Waals surface area (Å²) in [7, 11) is 1.67. The van der Waals surface area contributed by atoms with E-state index in [1.165, 1.54) is 17.3 Å². The number of thioether (sulfide) groups is 1. The predicted octanol–water partition coefficient (Wildman–Crippen LogP) is 3.41. The van der Waals surface area contributed by atoms with E-state index in [1.807, 2.05) is 47.4 Å². The number of anilines is 1. The van der Waals surface area contributed by atoms with E-state index in [0.29, 0.717) is 30.2 Å². The number of nitrogens with zero attached hydrogens (tertiary/aromatic N) is 3. The van der Waals surface area contributed by atoms with Crippen molar-refractivity contribution >= 4 is 23.4 Å². The molecule has 0 spiro atoms. The fraction of sp³-hybridized carbons (Fsp3) is 0.346. The Balaban J connectivity index is 1.25. The minimum absolute atomic E-state index is 0.0421. The van der Waals surface area contributed by atoms with Crippen molar-refractivity contribution < 1.29 is 9.53 Å². The molecule has 0 atom stereocenters. The molecule has 1 aromatic heterocycles. The molecule has 0 saturated heterocycles. The Morgan fingerprint density at radius 3 is 2.82 bits per heavy atom. The zero-order valence-corrected chi connectivity index (χ0v) is 20.1. The van der Waals surface area contributed by atoms with E-state index in [9.17, 15) is 9.59 Å². The minimum atomic E-state index is -0.118. The van der Waals surface area contributed by atoms with Crippen LogP contribution in [0.3, 0.4) is 0 Å². The Morgan fingerprint density at radius 1 is 1.12 bits per heavy atom. The van der Waals surface area contributed by atoms with E-state index < -0.39 is 0 Å². The minimum Gasteiger partial charge on any atom is -0.496 e. The van der Waals surface area contributed by atoms with E-state index in [2.05, 4.69) is 16.0 Å². The van der Waals surface area contributed by atoms with Crippen molar-refractivity contribution in [3.05, 3.63) is 81.3 Å². The van der Waals surface area contributed by atoms with Crippen LogP contribution < -0.4 is 15.2 Å². The number of hydrogen-bond donors (Lipinski definition) is 1. The molecule has 0 aliphatic carbocycles. The third kappa shape index (κ3) is 4.74. The number of nitrogens with one attached hydrogen (secondary N) is 1. The van der Waals surface area contributed by atoms with Gasteiger partial charge in [0.1, 0.15) is 5.75 Å². The highest BCUT2D eigenvalue weighted by molar-refractivity contribution is 7.99. The standard InChI is InChI=1S/C26H28N4O3S/c1-33-23-11-5-3-8-19(23)15-29-14-12-21-20(16-29)25(32)28-26(27-21)34-17-24(31)30-13-6-9-18-7-2-4-10-22(18)30/h2-5,7-8,10-11H,6,9,12-17H2,1H3,(H,27,28,32). The van der Waals surface area contributed by atoms with Crippen LogP contribution in [0.1, 0.15) is 28.8 Å². The molecule has 0 unspecified atom stereocenters. The molecule has 0 fully saturated rings. The lowest BCUT2D eigenvalue weighted by atomic mass is 10.0. The Kier molecular flexibility index (Phi) is 6.69. The molecule has 5 rings (SSSR count). The van der Waals surface area contributed by atoms with Crippen LogP contribution >= 0.6 is 11.8 Å². The fourth-order valence-corrected chi connectivity index (χ4v) is 5.49. The van der Waals surface area contributed by atoms with Crippen molar-refractivity contribution in [3.63, 3.8) is 0 Å². The van der Waals surface area contributed by atoms with Crippen LogP contribution in [0.2, 0.25) is 0 Å². The van der Waals surface area contributed by atoms with E-state index in [-0.39, 0.29) is 17.2 Å². The molecule has 3 heterocycles. The lowest BCUT2D eigenvalue weighted by Crippen LogP contribution is -2.37. The molecule has 7 nitrogen and oxygen atoms in total. The molecule has 2 aliphatic rings. The molecule has 0 bridgehead atoms. The smallest absolute Gasteiger partial charge is 0.256 e. The number of aromatic nitrogens is 2. The molecule has 1 amide bonds. The zero-order valence-electron chi connectivity index (χ0n) is 19.3. The average molecular weight is 477 g/mol. The Morgan fingerprint density at radius 2 is 1.94 bits per heavy atom. The van der Waals surface area contributed by atoms with Crippen LogP contribution in [0.5, 0.6) is 5.75 Å². The molecular formula is C26H28N4O3S. The highest BCUT2D eigenvalue weighted by Gasteiger charge is 2.24. The van der Waals surface area contributed by atoms with Gasteiger partial charge in [-0.25, -0.2) is 4.98 Å². The third-order valence-electron chi connectivity index (χ3n) is 6.46. The maximum atomic E-state index is 12.9. The molecule has 2 aromatic carbocycles. The normalized spacial score (nSPS) is 15.5. The molecule has 34 heavy (non-hydrogen) atoms. The van der Waals surface area contributed by atoms with E-state index in [1.54, 1.807) is 7.11 Å². The Labute approximate surface area is 203 Å². The number of H-pyrrole nitrogens is 1. The fourth-order valence-electron chi connectivity index (χ4n) is 4.74. The summed E-state index contributed by atoms with van der Waals surface area (Å²) in [5.41, 5.74) is 4.74. The van der Waals surface area contributed by atoms with Crippen molar-refractivity contribution in [2.75, 3.05) is 30.9 Å². The Bertz CT molecular complexity index is 1260. The van der Waals surface area contributed by atoms with Gasteiger partial charge in [-0.05, 0) is 30.5 Å². The molecule has 1 N–H and O–H groups in total. The number of carbonyl (C=O) groups is 1. The number of benzene rings is 2. The van der Waals surface area contributed by atoms with Gasteiger partial charge in [0.05, 0.1) is 24.1 Å². The molecule has 3 aromatic rings. The van der Waals surface area contributed by atoms with E-state index in [4.69, 9.17) is 9.72 Å². The van der Waals surface area contributed by atoms with Gasteiger partial charge in [0, 0.05) is 43.9 Å². The number of methoxy groups -OCH3 is 1. The summed E-state index contributed by atoms with van der Waals surface area (Å²) in [4.78, 5) is 37.5. The SMILES string of the molecule is COc1ccccc1CN1CCc2nc(SCC(=O)N3CCCc4ccccc43)[nH]c(=O)c2C1. The van der Waals surface area contributed by atoms with Crippen molar-refractivity contribution in [2.24, 2.45) is 0 Å². The first-order chi connectivity index (χ1) is 16.6. The number of aromatic amines is 1. The number of carbonyl (C=O) groups excluding carboxylic acids is 1. The van der Waals surface area contributed by atoms with Crippen LogP contribution in [-0.2, 0) is 30.7 Å². The third-order valence-corrected chi connectivity index (χ3v) is 7.31. The monoisotopic (exact) mass is 476 g/mol. The number of fused-ring (bicyclic) bond motifs is 2. The van der Waals surface area contributed by atoms with Crippen molar-refractivity contribution in [3.8, 4) is 5.75 Å². The van der Waals surface area contributed by atoms with Crippen molar-refractivity contribution in [1.82, 2.24) is 14.9 Å². The van der Waals surface area contributed by atoms with Crippen molar-refractivity contribution in [2.45, 2.75) is 37.5 Å². The maximum absolute atomic E-state index is 12.9. The second-order valence-corrected chi connectivity index (χ2v) is 9.60. The van der Waals surface area contributed by atoms with Gasteiger partial charge < -0.3 is 14.6 Å². The first-order valence-electron chi connectivity index (χ1n) is 11.6. The second kappa shape index (κ2) is 10.0. The molecule has 2 aliphatic heterocycles. The lowest BCUT2D eigenvalue weighted by Gasteiger charge is -2.29. The number of para-hydroxylation sites is 2. The number of ether oxygens (including phenoxy) is 1. The summed E-state index contributed by atoms with van der Waals surface area (Å²) in [6, 6.07) is 16.0. The van der Waals surface area contributed by atoms with E-state index >= 15 is 0 Å². The van der Waals surface area contributed by atoms with Gasteiger partial charge >= 0.3 is 0 Å². The van der Waals surface area contributed by atoms with Crippen molar-refractivity contribution in [1.29, 1.82) is 0 Å². The quantitative estimate of drug-likeness (QED) is 0.434. The molecule has 176 valence electrons. The average Bonchev–Trinajstić information content (AvgIpc) is 2.87. The second-order valence-electron chi connectivity index (χ2n) is 8.64. The predicted molar refractivity (Wildman–Crippen MR) is 134 cm³/mol. The first-order valence-corrected chi connectivity index (χ1v) is 12.6. The van der Waals surface area contributed by atoms with Crippen LogP contribution in [0, 0.1) is 0 Å². The zero-order chi connectivity index (χ0) is 23.5. The van der Waals surface area contributed by atoms with Gasteiger partial charge in [-0.3, -0.25) is 14.5 Å². The number of amides is 1. The molecular weight excluding hydrogens is 448 g/mol. The maximum Gasteiger partial charge on any atom is 0.256 e. The van der Waals surface area contributed by atoms with Gasteiger partial charge in [0.2, 0.25) is 5.91 Å². The van der Waals surface area contributed by atoms with E-state index in [0.717, 1.165) is 48.6 Å². The van der Waals surface area contributed by atoms with Gasteiger partial charge in [-0.2, -0.15) is 0 Å². The highest BCUT2D eigenvalue weighted by Crippen LogP contribution is 2.28. The van der Waals surface area contributed by atoms with Gasteiger partial charge in [-0.15, -0.1) is 0 Å². The molecule has 0 saturated carbocycles. The summed E-state index contributed by atoms with van der Waals surface area (Å²) in [5.74, 6) is 1.14. The summed E-state index contributed by atoms with van der Waals surface area (Å²) < 4.78 is 5.46. The summed E-state index contributed by atoms with van der Waals surface area (Å²) >= 11 is 1.30. The Hall–Kier alpha value is -3.10. The summed E-state index contributed by atoms with van der Waals surface area (Å²) in [5, 5.41) is 0.514. The largest absolute Gasteiger partial charge is 0.496 e. The first kappa shape index (κ1) is 22.7. The summed E-state index contributed by atoms with van der Waals surface area (Å²) in [6.45, 7) is 2.80. The number of hydrogen-bond acceptors (Lipinski definition) is 6. The van der Waals surface area contributed by atoms with Gasteiger partial charge in [0.25, 0.3) is 5.56 Å².